The fourth-order valence-electron chi connectivity index (χ4n) is 2.06. The molecule has 1 N–H and O–H groups in total. The summed E-state index contributed by atoms with van der Waals surface area (Å²) >= 11 is 0. The Morgan fingerprint density at radius 2 is 1.82 bits per heavy atom. The lowest BCUT2D eigenvalue weighted by atomic mass is 10.1. The molecule has 0 fully saturated rings. The highest BCUT2D eigenvalue weighted by Crippen LogP contribution is 2.35. The maximum absolute atomic E-state index is 13.2. The first-order chi connectivity index (χ1) is 9.93. The number of benzene rings is 1. The molecule has 0 radical (unpaired) electrons. The number of methoxy groups -OCH3 is 1. The molecule has 0 bridgehead atoms. The van der Waals surface area contributed by atoms with E-state index in [0.29, 0.717) is 12.0 Å². The lowest BCUT2D eigenvalue weighted by Crippen LogP contribution is -2.47. The summed E-state index contributed by atoms with van der Waals surface area (Å²) in [6.45, 7) is 4.79. The van der Waals surface area contributed by atoms with Gasteiger partial charge in [0, 0.05) is 7.11 Å². The van der Waals surface area contributed by atoms with E-state index in [4.69, 9.17) is 4.74 Å². The molecule has 126 valence electrons. The lowest BCUT2D eigenvalue weighted by Gasteiger charge is -2.26. The average molecular weight is 339 g/mol. The Labute approximate surface area is 128 Å². The quantitative estimate of drug-likeness (QED) is 0.867. The molecule has 0 unspecified atom stereocenters. The highest BCUT2D eigenvalue weighted by molar-refractivity contribution is 7.89. The molecule has 8 heteroatoms. The molecule has 0 amide bonds. The van der Waals surface area contributed by atoms with Crippen LogP contribution in [0.25, 0.3) is 0 Å². The van der Waals surface area contributed by atoms with E-state index in [0.717, 1.165) is 12.1 Å². The Balaban J connectivity index is 3.36. The van der Waals surface area contributed by atoms with Gasteiger partial charge in [-0.25, -0.2) is 13.1 Å². The first-order valence-corrected chi connectivity index (χ1v) is 8.14. The molecule has 0 saturated heterocycles. The van der Waals surface area contributed by atoms with Crippen molar-refractivity contribution in [2.75, 3.05) is 13.7 Å². The number of sulfonamides is 1. The zero-order valence-corrected chi connectivity index (χ0v) is 13.7. The second-order valence-electron chi connectivity index (χ2n) is 5.60. The van der Waals surface area contributed by atoms with Crippen molar-refractivity contribution in [2.45, 2.75) is 43.8 Å². The maximum atomic E-state index is 13.2. The van der Waals surface area contributed by atoms with E-state index in [9.17, 15) is 21.6 Å². The number of aryl methyl sites for hydroxylation is 1. The van der Waals surface area contributed by atoms with E-state index < -0.39 is 32.2 Å². The van der Waals surface area contributed by atoms with Crippen molar-refractivity contribution < 1.29 is 26.3 Å². The van der Waals surface area contributed by atoms with Gasteiger partial charge in [-0.3, -0.25) is 0 Å². The highest BCUT2D eigenvalue weighted by Gasteiger charge is 2.38. The summed E-state index contributed by atoms with van der Waals surface area (Å²) in [6, 6.07) is 3.25. The maximum Gasteiger partial charge on any atom is 0.417 e. The minimum atomic E-state index is -4.75. The monoisotopic (exact) mass is 339 g/mol. The molecular formula is C14H20F3NO3S. The van der Waals surface area contributed by atoms with Crippen LogP contribution in [-0.4, -0.2) is 27.7 Å². The van der Waals surface area contributed by atoms with Crippen molar-refractivity contribution in [1.82, 2.24) is 4.72 Å². The molecule has 0 saturated carbocycles. The molecule has 0 heterocycles. The standard InChI is InChI=1S/C14H20F3NO3S/c1-5-10-6-7-12(11(8-10)14(15,16)17)22(19,20)18-13(2,3)9-21-4/h6-8,18H,5,9H2,1-4H3. The van der Waals surface area contributed by atoms with Gasteiger partial charge in [0.25, 0.3) is 0 Å². The Morgan fingerprint density at radius 1 is 1.23 bits per heavy atom. The molecule has 1 aromatic rings. The van der Waals surface area contributed by atoms with E-state index in [2.05, 4.69) is 4.72 Å². The van der Waals surface area contributed by atoms with Gasteiger partial charge in [0.15, 0.2) is 0 Å². The zero-order valence-electron chi connectivity index (χ0n) is 12.9. The third-order valence-electron chi connectivity index (χ3n) is 2.96. The molecule has 4 nitrogen and oxygen atoms in total. The van der Waals surface area contributed by atoms with E-state index in [1.165, 1.54) is 27.0 Å². The van der Waals surface area contributed by atoms with E-state index in [1.807, 2.05) is 0 Å². The molecule has 0 aromatic heterocycles. The number of rotatable bonds is 6. The van der Waals surface area contributed by atoms with Crippen LogP contribution in [0.3, 0.4) is 0 Å². The van der Waals surface area contributed by atoms with Crippen LogP contribution < -0.4 is 4.72 Å². The minimum absolute atomic E-state index is 0.0284. The molecule has 22 heavy (non-hydrogen) atoms. The molecular weight excluding hydrogens is 319 g/mol. The smallest absolute Gasteiger partial charge is 0.383 e. The summed E-state index contributed by atoms with van der Waals surface area (Å²) in [6.07, 6.45) is -4.37. The number of hydrogen-bond acceptors (Lipinski definition) is 3. The summed E-state index contributed by atoms with van der Waals surface area (Å²) in [5.74, 6) is 0. The van der Waals surface area contributed by atoms with Gasteiger partial charge in [-0.2, -0.15) is 13.2 Å². The van der Waals surface area contributed by atoms with Crippen LogP contribution in [0.2, 0.25) is 0 Å². The minimum Gasteiger partial charge on any atom is -0.383 e. The Morgan fingerprint density at radius 3 is 2.27 bits per heavy atom. The first-order valence-electron chi connectivity index (χ1n) is 6.66. The summed E-state index contributed by atoms with van der Waals surface area (Å²) in [5, 5.41) is 0. The number of nitrogens with one attached hydrogen (secondary N) is 1. The van der Waals surface area contributed by atoms with E-state index in [-0.39, 0.29) is 6.61 Å². The van der Waals surface area contributed by atoms with Gasteiger partial charge in [0.05, 0.1) is 22.6 Å². The lowest BCUT2D eigenvalue weighted by molar-refractivity contribution is -0.139. The van der Waals surface area contributed by atoms with E-state index in [1.54, 1.807) is 6.92 Å². The summed E-state index contributed by atoms with van der Waals surface area (Å²) in [7, 11) is -2.95. The predicted octanol–water partition coefficient (Wildman–Crippen LogP) is 2.97. The van der Waals surface area contributed by atoms with Crippen LogP contribution >= 0.6 is 0 Å². The second-order valence-corrected chi connectivity index (χ2v) is 7.26. The average Bonchev–Trinajstić information content (AvgIpc) is 2.35. The van der Waals surface area contributed by atoms with Gasteiger partial charge < -0.3 is 4.74 Å². The van der Waals surface area contributed by atoms with Gasteiger partial charge in [-0.1, -0.05) is 13.0 Å². The molecule has 0 aliphatic rings. The van der Waals surface area contributed by atoms with Crippen LogP contribution in [0.4, 0.5) is 13.2 Å². The van der Waals surface area contributed by atoms with Crippen LogP contribution in [0.15, 0.2) is 23.1 Å². The summed E-state index contributed by atoms with van der Waals surface area (Å²) in [5.41, 5.74) is -1.77. The van der Waals surface area contributed by atoms with E-state index >= 15 is 0 Å². The fraction of sp³-hybridized carbons (Fsp3) is 0.571. The highest BCUT2D eigenvalue weighted by atomic mass is 32.2. The first kappa shape index (κ1) is 18.9. The van der Waals surface area contributed by atoms with Crippen molar-refractivity contribution in [3.05, 3.63) is 29.3 Å². The van der Waals surface area contributed by atoms with Gasteiger partial charge in [-0.15, -0.1) is 0 Å². The van der Waals surface area contributed by atoms with Crippen LogP contribution in [0.1, 0.15) is 31.9 Å². The fourth-order valence-corrected chi connectivity index (χ4v) is 3.67. The topological polar surface area (TPSA) is 55.4 Å². The molecule has 0 aliphatic carbocycles. The largest absolute Gasteiger partial charge is 0.417 e. The molecule has 1 aromatic carbocycles. The normalized spacial score (nSPS) is 13.4. The number of hydrogen-bond donors (Lipinski definition) is 1. The van der Waals surface area contributed by atoms with Crippen molar-refractivity contribution >= 4 is 10.0 Å². The molecule has 0 spiro atoms. The number of ether oxygens (including phenoxy) is 1. The van der Waals surface area contributed by atoms with Gasteiger partial charge >= 0.3 is 6.18 Å². The van der Waals surface area contributed by atoms with Gasteiger partial charge in [-0.05, 0) is 38.0 Å². The number of alkyl halides is 3. The van der Waals surface area contributed by atoms with Crippen molar-refractivity contribution in [3.8, 4) is 0 Å². The summed E-state index contributed by atoms with van der Waals surface area (Å²) < 4.78 is 71.2. The third kappa shape index (κ3) is 4.69. The van der Waals surface area contributed by atoms with Gasteiger partial charge in [0.1, 0.15) is 0 Å². The SMILES string of the molecule is CCc1ccc(S(=O)(=O)NC(C)(C)COC)c(C(F)(F)F)c1. The van der Waals surface area contributed by atoms with Crippen molar-refractivity contribution in [3.63, 3.8) is 0 Å². The van der Waals surface area contributed by atoms with Crippen LogP contribution in [0, 0.1) is 0 Å². The summed E-state index contributed by atoms with van der Waals surface area (Å²) in [4.78, 5) is -0.777. The second kappa shape index (κ2) is 6.55. The predicted molar refractivity (Wildman–Crippen MR) is 77.1 cm³/mol. The third-order valence-corrected chi connectivity index (χ3v) is 4.72. The molecule has 0 atom stereocenters. The Hall–Kier alpha value is -1.12. The Bertz CT molecular complexity index is 625. The Kier molecular flexibility index (Phi) is 5.64. The van der Waals surface area contributed by atoms with Gasteiger partial charge in [0.2, 0.25) is 10.0 Å². The number of halogens is 3. The molecule has 1 rings (SSSR count). The zero-order chi connectivity index (χ0) is 17.2. The van der Waals surface area contributed by atoms with Crippen LogP contribution in [0.5, 0.6) is 0 Å². The molecule has 0 aliphatic heterocycles. The van der Waals surface area contributed by atoms with Crippen molar-refractivity contribution in [2.24, 2.45) is 0 Å². The van der Waals surface area contributed by atoms with Crippen molar-refractivity contribution in [1.29, 1.82) is 0 Å². The van der Waals surface area contributed by atoms with Crippen LogP contribution in [-0.2, 0) is 27.4 Å².